The fraction of sp³-hybridized carbons (Fsp3) is 0.189. The van der Waals surface area contributed by atoms with Crippen LogP contribution in [0.3, 0.4) is 0 Å². The van der Waals surface area contributed by atoms with Crippen molar-refractivity contribution < 1.29 is 14.0 Å². The molecule has 0 radical (unpaired) electrons. The van der Waals surface area contributed by atoms with Gasteiger partial charge in [-0.25, -0.2) is 0 Å². The fourth-order valence-corrected chi connectivity index (χ4v) is 7.00. The van der Waals surface area contributed by atoms with Crippen molar-refractivity contribution in [2.24, 2.45) is 0 Å². The van der Waals surface area contributed by atoms with Crippen LogP contribution < -0.4 is 15.9 Å². The minimum absolute atomic E-state index is 0.455. The Morgan fingerprint density at radius 3 is 1.79 bits per heavy atom. The second kappa shape index (κ2) is 8.60. The molecular formula is C37H32BNO3. The molecule has 5 aromatic carbocycles. The van der Waals surface area contributed by atoms with E-state index < -0.39 is 23.7 Å². The fourth-order valence-electron chi connectivity index (χ4n) is 7.00. The molecule has 1 saturated heterocycles. The summed E-state index contributed by atoms with van der Waals surface area (Å²) in [6.07, 6.45) is 0. The van der Waals surface area contributed by atoms with E-state index in [1.54, 1.807) is 0 Å². The summed E-state index contributed by atoms with van der Waals surface area (Å²) in [4.78, 5) is 0. The van der Waals surface area contributed by atoms with Crippen LogP contribution in [0.5, 0.6) is 11.5 Å². The predicted octanol–water partition coefficient (Wildman–Crippen LogP) is 7.70. The first kappa shape index (κ1) is 25.4. The number of hydrogen-bond donors (Lipinski definition) is 1. The highest BCUT2D eigenvalue weighted by molar-refractivity contribution is 6.64. The Kier molecular flexibility index (Phi) is 5.20. The van der Waals surface area contributed by atoms with Crippen molar-refractivity contribution in [1.29, 1.82) is 0 Å². The molecule has 1 spiro atoms. The van der Waals surface area contributed by atoms with E-state index in [0.717, 1.165) is 50.5 Å². The lowest BCUT2D eigenvalue weighted by Crippen LogP contribution is -2.41. The third-order valence-electron chi connectivity index (χ3n) is 9.75. The lowest BCUT2D eigenvalue weighted by Gasteiger charge is -2.39. The first-order valence-corrected chi connectivity index (χ1v) is 14.6. The van der Waals surface area contributed by atoms with Crippen LogP contribution in [0.4, 0.5) is 5.69 Å². The summed E-state index contributed by atoms with van der Waals surface area (Å²) >= 11 is 0. The number of anilines is 1. The number of para-hydroxylation sites is 2. The molecule has 0 atom stereocenters. The van der Waals surface area contributed by atoms with Gasteiger partial charge in [0.15, 0.2) is 0 Å². The molecule has 2 N–H and O–H groups in total. The van der Waals surface area contributed by atoms with Crippen LogP contribution in [-0.2, 0) is 14.7 Å². The summed E-state index contributed by atoms with van der Waals surface area (Å²) in [7, 11) is -0.501. The molecule has 3 aliphatic rings. The highest BCUT2D eigenvalue weighted by Crippen LogP contribution is 2.62. The van der Waals surface area contributed by atoms with E-state index in [0.29, 0.717) is 0 Å². The van der Waals surface area contributed by atoms with Crippen molar-refractivity contribution >= 4 is 18.3 Å². The standard InChI is InChI=1S/C37H32BNO3/c1-35(2)36(3,4)42-38(41-35)31-13-9-12-30-34(31)26-22-24(23-16-19-25(39)20-17-23)18-21-27(26)37(30)28-10-5-7-14-32(28)40-33-15-8-6-11-29(33)37/h5-22H,39H2,1-4H3. The van der Waals surface area contributed by atoms with Gasteiger partial charge in [-0.2, -0.15) is 0 Å². The van der Waals surface area contributed by atoms with Crippen LogP contribution in [0.2, 0.25) is 0 Å². The largest absolute Gasteiger partial charge is 0.495 e. The van der Waals surface area contributed by atoms with Crippen LogP contribution in [0, 0.1) is 0 Å². The van der Waals surface area contributed by atoms with Gasteiger partial charge in [-0.3, -0.25) is 0 Å². The minimum Gasteiger partial charge on any atom is -0.457 e. The summed E-state index contributed by atoms with van der Waals surface area (Å²) in [6, 6.07) is 38.4. The lowest BCUT2D eigenvalue weighted by atomic mass is 9.65. The van der Waals surface area contributed by atoms with Crippen LogP contribution in [0.15, 0.2) is 109 Å². The van der Waals surface area contributed by atoms with Gasteiger partial charge in [-0.05, 0) is 96.9 Å². The maximum Gasteiger partial charge on any atom is 0.495 e. The zero-order valence-corrected chi connectivity index (χ0v) is 24.3. The molecule has 1 aliphatic carbocycles. The minimum atomic E-state index is -0.560. The Hall–Kier alpha value is -4.32. The summed E-state index contributed by atoms with van der Waals surface area (Å²) in [5.74, 6) is 1.75. The summed E-state index contributed by atoms with van der Waals surface area (Å²) in [6.45, 7) is 8.43. The molecule has 1 fully saturated rings. The van der Waals surface area contributed by atoms with Gasteiger partial charge in [0.05, 0.1) is 16.6 Å². The van der Waals surface area contributed by atoms with Crippen molar-refractivity contribution in [3.8, 4) is 33.8 Å². The first-order valence-electron chi connectivity index (χ1n) is 14.6. The number of fused-ring (bicyclic) bond motifs is 9. The number of nitrogens with two attached hydrogens (primary N) is 1. The van der Waals surface area contributed by atoms with Gasteiger partial charge in [0.1, 0.15) is 11.5 Å². The molecule has 4 nitrogen and oxygen atoms in total. The smallest absolute Gasteiger partial charge is 0.457 e. The Balaban J connectivity index is 1.47. The van der Waals surface area contributed by atoms with Gasteiger partial charge in [-0.1, -0.05) is 78.9 Å². The molecule has 5 heteroatoms. The molecule has 0 amide bonds. The SMILES string of the molecule is CC1(C)OB(c2cccc3c2-c2cc(-c4ccc(N)cc4)ccc2C32c3ccccc3Oc3ccccc32)OC1(C)C. The van der Waals surface area contributed by atoms with Gasteiger partial charge in [0.2, 0.25) is 0 Å². The Labute approximate surface area is 247 Å². The Morgan fingerprint density at radius 2 is 1.14 bits per heavy atom. The molecule has 5 aromatic rings. The van der Waals surface area contributed by atoms with Gasteiger partial charge in [0, 0.05) is 16.8 Å². The number of benzene rings is 5. The summed E-state index contributed by atoms with van der Waals surface area (Å²) in [5, 5.41) is 0. The summed E-state index contributed by atoms with van der Waals surface area (Å²) in [5.41, 5.74) is 15.7. The van der Waals surface area contributed by atoms with Crippen molar-refractivity contribution in [2.45, 2.75) is 44.3 Å². The van der Waals surface area contributed by atoms with Gasteiger partial charge >= 0.3 is 7.12 Å². The lowest BCUT2D eigenvalue weighted by molar-refractivity contribution is 0.00578. The second-order valence-electron chi connectivity index (χ2n) is 12.6. The predicted molar refractivity (Wildman–Crippen MR) is 169 cm³/mol. The molecule has 206 valence electrons. The number of ether oxygens (including phenoxy) is 1. The van der Waals surface area contributed by atoms with E-state index in [1.165, 1.54) is 16.7 Å². The highest BCUT2D eigenvalue weighted by Gasteiger charge is 2.56. The van der Waals surface area contributed by atoms with Crippen LogP contribution in [0.1, 0.15) is 49.9 Å². The molecule has 0 unspecified atom stereocenters. The molecule has 0 aromatic heterocycles. The first-order chi connectivity index (χ1) is 20.2. The van der Waals surface area contributed by atoms with Gasteiger partial charge < -0.3 is 19.8 Å². The highest BCUT2D eigenvalue weighted by atomic mass is 16.7. The molecule has 0 saturated carbocycles. The normalized spacial score (nSPS) is 18.1. The topological polar surface area (TPSA) is 53.7 Å². The third kappa shape index (κ3) is 3.32. The van der Waals surface area contributed by atoms with Crippen molar-refractivity contribution in [2.75, 3.05) is 5.73 Å². The third-order valence-corrected chi connectivity index (χ3v) is 9.75. The van der Waals surface area contributed by atoms with Crippen molar-refractivity contribution in [3.63, 3.8) is 0 Å². The molecule has 0 bridgehead atoms. The van der Waals surface area contributed by atoms with Crippen LogP contribution in [0.25, 0.3) is 22.3 Å². The van der Waals surface area contributed by atoms with E-state index in [-0.39, 0.29) is 0 Å². The Bertz CT molecular complexity index is 1830. The number of hydrogen-bond acceptors (Lipinski definition) is 4. The van der Waals surface area contributed by atoms with E-state index in [9.17, 15) is 0 Å². The van der Waals surface area contributed by atoms with E-state index in [4.69, 9.17) is 19.8 Å². The maximum absolute atomic E-state index is 6.67. The van der Waals surface area contributed by atoms with Crippen LogP contribution >= 0.6 is 0 Å². The molecule has 2 aliphatic heterocycles. The maximum atomic E-state index is 6.67. The van der Waals surface area contributed by atoms with Gasteiger partial charge in [0.25, 0.3) is 0 Å². The van der Waals surface area contributed by atoms with E-state index in [1.807, 2.05) is 24.3 Å². The average Bonchev–Trinajstić information content (AvgIpc) is 3.40. The quantitative estimate of drug-likeness (QED) is 0.177. The second-order valence-corrected chi connectivity index (χ2v) is 12.6. The molecule has 8 rings (SSSR count). The van der Waals surface area contributed by atoms with Gasteiger partial charge in [-0.15, -0.1) is 0 Å². The zero-order chi connectivity index (χ0) is 28.9. The summed E-state index contributed by atoms with van der Waals surface area (Å²) < 4.78 is 19.9. The zero-order valence-electron chi connectivity index (χ0n) is 24.3. The Morgan fingerprint density at radius 1 is 0.571 bits per heavy atom. The van der Waals surface area contributed by atoms with Crippen LogP contribution in [-0.4, -0.2) is 18.3 Å². The van der Waals surface area contributed by atoms with Crippen molar-refractivity contribution in [1.82, 2.24) is 0 Å². The molecule has 2 heterocycles. The monoisotopic (exact) mass is 549 g/mol. The van der Waals surface area contributed by atoms with Crippen molar-refractivity contribution in [3.05, 3.63) is 131 Å². The van der Waals surface area contributed by atoms with E-state index in [2.05, 4.69) is 113 Å². The number of rotatable bonds is 2. The average molecular weight is 549 g/mol. The van der Waals surface area contributed by atoms with E-state index >= 15 is 0 Å². The number of nitrogen functional groups attached to an aromatic ring is 1. The molecular weight excluding hydrogens is 517 g/mol. The molecule has 42 heavy (non-hydrogen) atoms.